The van der Waals surface area contributed by atoms with E-state index in [1.807, 2.05) is 0 Å². The molecule has 0 radical (unpaired) electrons. The first kappa shape index (κ1) is 14.2. The Balaban J connectivity index is 1.81. The van der Waals surface area contributed by atoms with Crippen LogP contribution in [0.25, 0.3) is 0 Å². The number of ketones is 1. The standard InChI is InChI=1S/C16H18FNO3/c1-21-16(20)15-13-7-6-12(8-14(15)19)18(13)9-10-2-4-11(17)5-3-10/h2-5,12-13,15H,6-9H2,1H3/t12-,13+,15-/m1/s1. The molecule has 21 heavy (non-hydrogen) atoms. The SMILES string of the molecule is COC(=O)[C@H]1C(=O)C[C@H]2CC[C@@H]1N2Cc1ccc(F)cc1. The number of hydrogen-bond donors (Lipinski definition) is 0. The lowest BCUT2D eigenvalue weighted by Crippen LogP contribution is -2.51. The number of rotatable bonds is 3. The lowest BCUT2D eigenvalue weighted by atomic mass is 9.88. The molecule has 0 spiro atoms. The summed E-state index contributed by atoms with van der Waals surface area (Å²) < 4.78 is 17.8. The smallest absolute Gasteiger partial charge is 0.317 e. The summed E-state index contributed by atoms with van der Waals surface area (Å²) in [6.45, 7) is 0.635. The largest absolute Gasteiger partial charge is 0.468 e. The number of halogens is 1. The topological polar surface area (TPSA) is 46.6 Å². The summed E-state index contributed by atoms with van der Waals surface area (Å²) in [5.41, 5.74) is 0.992. The van der Waals surface area contributed by atoms with Crippen molar-refractivity contribution in [1.82, 2.24) is 4.90 Å². The Hall–Kier alpha value is -1.75. The zero-order valence-electron chi connectivity index (χ0n) is 11.9. The number of esters is 1. The molecule has 0 saturated carbocycles. The van der Waals surface area contributed by atoms with E-state index in [1.165, 1.54) is 19.2 Å². The number of carbonyl (C=O) groups is 2. The fraction of sp³-hybridized carbons (Fsp3) is 0.500. The average Bonchev–Trinajstić information content (AvgIpc) is 2.75. The summed E-state index contributed by atoms with van der Waals surface area (Å²) in [5, 5.41) is 0. The van der Waals surface area contributed by atoms with E-state index in [-0.39, 0.29) is 23.7 Å². The first-order valence-electron chi connectivity index (χ1n) is 7.21. The van der Waals surface area contributed by atoms with Crippen molar-refractivity contribution in [3.05, 3.63) is 35.6 Å². The van der Waals surface area contributed by atoms with E-state index in [9.17, 15) is 14.0 Å². The van der Waals surface area contributed by atoms with Gasteiger partial charge in [-0.25, -0.2) is 4.39 Å². The van der Waals surface area contributed by atoms with Crippen molar-refractivity contribution >= 4 is 11.8 Å². The number of carbonyl (C=O) groups excluding carboxylic acids is 2. The fourth-order valence-electron chi connectivity index (χ4n) is 3.58. The van der Waals surface area contributed by atoms with E-state index in [4.69, 9.17) is 4.74 Å². The Kier molecular flexibility index (Phi) is 3.76. The minimum atomic E-state index is -0.672. The zero-order chi connectivity index (χ0) is 15.0. The summed E-state index contributed by atoms with van der Waals surface area (Å²) in [6.07, 6.45) is 2.15. The predicted octanol–water partition coefficient (Wildman–Crippen LogP) is 1.92. The van der Waals surface area contributed by atoms with Gasteiger partial charge in [0.15, 0.2) is 0 Å². The van der Waals surface area contributed by atoms with E-state index < -0.39 is 11.9 Å². The van der Waals surface area contributed by atoms with Gasteiger partial charge in [0.1, 0.15) is 17.5 Å². The lowest BCUT2D eigenvalue weighted by molar-refractivity contribution is -0.154. The number of Topliss-reactive ketones (excluding diaryl/α,β-unsaturated/α-hetero) is 1. The molecule has 2 bridgehead atoms. The Morgan fingerprint density at radius 3 is 2.71 bits per heavy atom. The minimum Gasteiger partial charge on any atom is -0.468 e. The molecular formula is C16H18FNO3. The summed E-state index contributed by atoms with van der Waals surface area (Å²) in [6, 6.07) is 6.47. The van der Waals surface area contributed by atoms with Gasteiger partial charge in [-0.1, -0.05) is 12.1 Å². The van der Waals surface area contributed by atoms with E-state index >= 15 is 0 Å². The van der Waals surface area contributed by atoms with Gasteiger partial charge in [-0.05, 0) is 30.5 Å². The average molecular weight is 291 g/mol. The van der Waals surface area contributed by atoms with Crippen LogP contribution in [-0.4, -0.2) is 35.8 Å². The van der Waals surface area contributed by atoms with E-state index in [1.54, 1.807) is 12.1 Å². The van der Waals surface area contributed by atoms with Crippen LogP contribution >= 0.6 is 0 Å². The number of hydrogen-bond acceptors (Lipinski definition) is 4. The van der Waals surface area contributed by atoms with Crippen molar-refractivity contribution in [3.8, 4) is 0 Å². The first-order chi connectivity index (χ1) is 10.1. The second kappa shape index (κ2) is 5.56. The van der Waals surface area contributed by atoms with E-state index in [0.717, 1.165) is 18.4 Å². The summed E-state index contributed by atoms with van der Waals surface area (Å²) in [7, 11) is 1.32. The van der Waals surface area contributed by atoms with Gasteiger partial charge in [-0.2, -0.15) is 0 Å². The van der Waals surface area contributed by atoms with Crippen molar-refractivity contribution < 1.29 is 18.7 Å². The Morgan fingerprint density at radius 2 is 2.05 bits per heavy atom. The van der Waals surface area contributed by atoms with Gasteiger partial charge in [-0.15, -0.1) is 0 Å². The molecule has 1 aromatic carbocycles. The Morgan fingerprint density at radius 1 is 1.33 bits per heavy atom. The molecule has 0 N–H and O–H groups in total. The van der Waals surface area contributed by atoms with Gasteiger partial charge in [0.2, 0.25) is 0 Å². The molecule has 2 saturated heterocycles. The highest BCUT2D eigenvalue weighted by atomic mass is 19.1. The van der Waals surface area contributed by atoms with Gasteiger partial charge in [0.25, 0.3) is 0 Å². The number of fused-ring (bicyclic) bond motifs is 2. The van der Waals surface area contributed by atoms with Crippen LogP contribution in [0.15, 0.2) is 24.3 Å². The van der Waals surface area contributed by atoms with Crippen LogP contribution in [0.3, 0.4) is 0 Å². The third kappa shape index (κ3) is 2.58. The molecule has 0 aromatic heterocycles. The van der Waals surface area contributed by atoms with Crippen LogP contribution in [0.4, 0.5) is 4.39 Å². The van der Waals surface area contributed by atoms with Gasteiger partial charge < -0.3 is 4.74 Å². The molecule has 2 aliphatic heterocycles. The van der Waals surface area contributed by atoms with Crippen molar-refractivity contribution in [2.75, 3.05) is 7.11 Å². The summed E-state index contributed by atoms with van der Waals surface area (Å²) >= 11 is 0. The Labute approximate surface area is 122 Å². The molecule has 112 valence electrons. The maximum atomic E-state index is 13.0. The molecule has 0 unspecified atom stereocenters. The molecule has 2 heterocycles. The molecular weight excluding hydrogens is 273 g/mol. The number of methoxy groups -OCH3 is 1. The van der Waals surface area contributed by atoms with Crippen LogP contribution in [-0.2, 0) is 20.9 Å². The highest BCUT2D eigenvalue weighted by molar-refractivity contribution is 6.00. The molecule has 1 aromatic rings. The number of benzene rings is 1. The van der Waals surface area contributed by atoms with Crippen molar-refractivity contribution in [2.24, 2.45) is 5.92 Å². The van der Waals surface area contributed by atoms with Crippen molar-refractivity contribution in [3.63, 3.8) is 0 Å². The maximum absolute atomic E-state index is 13.0. The van der Waals surface area contributed by atoms with Gasteiger partial charge in [0.05, 0.1) is 7.11 Å². The maximum Gasteiger partial charge on any atom is 0.317 e. The number of ether oxygens (including phenoxy) is 1. The second-order valence-corrected chi connectivity index (χ2v) is 5.77. The predicted molar refractivity (Wildman–Crippen MR) is 73.9 cm³/mol. The molecule has 5 heteroatoms. The minimum absolute atomic E-state index is 0.00953. The first-order valence-corrected chi connectivity index (χ1v) is 7.21. The van der Waals surface area contributed by atoms with Crippen LogP contribution in [0, 0.1) is 11.7 Å². The molecule has 0 amide bonds. The normalized spacial score (nSPS) is 28.7. The van der Waals surface area contributed by atoms with Crippen LogP contribution in [0.1, 0.15) is 24.8 Å². The summed E-state index contributed by atoms with van der Waals surface area (Å²) in [5.74, 6) is -1.38. The highest BCUT2D eigenvalue weighted by Crippen LogP contribution is 2.38. The monoisotopic (exact) mass is 291 g/mol. The van der Waals surface area contributed by atoms with Crippen LogP contribution < -0.4 is 0 Å². The summed E-state index contributed by atoms with van der Waals surface area (Å²) in [4.78, 5) is 26.2. The fourth-order valence-corrected chi connectivity index (χ4v) is 3.58. The molecule has 3 atom stereocenters. The van der Waals surface area contributed by atoms with E-state index in [0.29, 0.717) is 13.0 Å². The zero-order valence-corrected chi connectivity index (χ0v) is 11.9. The highest BCUT2D eigenvalue weighted by Gasteiger charge is 2.50. The van der Waals surface area contributed by atoms with Gasteiger partial charge in [-0.3, -0.25) is 14.5 Å². The molecule has 4 nitrogen and oxygen atoms in total. The third-order valence-electron chi connectivity index (χ3n) is 4.59. The third-order valence-corrected chi connectivity index (χ3v) is 4.59. The van der Waals surface area contributed by atoms with Crippen LogP contribution in [0.2, 0.25) is 0 Å². The molecule has 0 aliphatic carbocycles. The van der Waals surface area contributed by atoms with E-state index in [2.05, 4.69) is 4.90 Å². The van der Waals surface area contributed by atoms with Gasteiger partial charge >= 0.3 is 5.97 Å². The quantitative estimate of drug-likeness (QED) is 0.630. The number of piperidine rings is 1. The molecule has 2 fully saturated rings. The van der Waals surface area contributed by atoms with Crippen molar-refractivity contribution in [2.45, 2.75) is 37.9 Å². The molecule has 2 aliphatic rings. The number of nitrogens with zero attached hydrogens (tertiary/aromatic N) is 1. The lowest BCUT2D eigenvalue weighted by Gasteiger charge is -2.37. The Bertz CT molecular complexity index is 557. The second-order valence-electron chi connectivity index (χ2n) is 5.77. The molecule has 3 rings (SSSR count). The van der Waals surface area contributed by atoms with Crippen molar-refractivity contribution in [1.29, 1.82) is 0 Å². The van der Waals surface area contributed by atoms with Gasteiger partial charge in [0, 0.05) is 25.0 Å². The van der Waals surface area contributed by atoms with Crippen LogP contribution in [0.5, 0.6) is 0 Å².